The molecule has 0 aliphatic carbocycles. The molecule has 0 saturated heterocycles. The minimum Gasteiger partial charge on any atom is -0.388 e. The lowest BCUT2D eigenvalue weighted by atomic mass is 9.82. The second-order valence-corrected chi connectivity index (χ2v) is 7.96. The van der Waals surface area contributed by atoms with Crippen molar-refractivity contribution in [3.8, 4) is 0 Å². The van der Waals surface area contributed by atoms with Crippen molar-refractivity contribution in [2.75, 3.05) is 0 Å². The summed E-state index contributed by atoms with van der Waals surface area (Å²) in [6, 6.07) is 8.50. The Bertz CT molecular complexity index is 383. The number of hydrogen-bond donors (Lipinski definition) is 1. The van der Waals surface area contributed by atoms with Gasteiger partial charge in [0.15, 0.2) is 0 Å². The molecule has 1 rings (SSSR count). The fourth-order valence-electron chi connectivity index (χ4n) is 2.99. The fraction of sp³-hybridized carbons (Fsp3) is 0.684. The summed E-state index contributed by atoms with van der Waals surface area (Å²) in [5.74, 6) is 1.22. The summed E-state index contributed by atoms with van der Waals surface area (Å²) >= 11 is 0. The van der Waals surface area contributed by atoms with Crippen LogP contribution in [0.3, 0.4) is 0 Å². The highest BCUT2D eigenvalue weighted by molar-refractivity contribution is 5.24. The number of aliphatic hydroxyl groups excluding tert-OH is 1. The molecule has 1 aromatic carbocycles. The van der Waals surface area contributed by atoms with Crippen LogP contribution in [-0.2, 0) is 6.42 Å². The van der Waals surface area contributed by atoms with Crippen molar-refractivity contribution in [2.45, 2.75) is 66.9 Å². The van der Waals surface area contributed by atoms with Crippen LogP contribution < -0.4 is 0 Å². The van der Waals surface area contributed by atoms with Crippen molar-refractivity contribution in [3.05, 3.63) is 35.4 Å². The molecule has 114 valence electrons. The molecule has 1 nitrogen and oxygen atoms in total. The van der Waals surface area contributed by atoms with Crippen LogP contribution >= 0.6 is 0 Å². The highest BCUT2D eigenvalue weighted by Gasteiger charge is 2.18. The molecule has 1 heteroatoms. The summed E-state index contributed by atoms with van der Waals surface area (Å²) in [4.78, 5) is 0. The number of benzene rings is 1. The molecule has 0 amide bonds. The van der Waals surface area contributed by atoms with Gasteiger partial charge in [-0.1, -0.05) is 65.8 Å². The Balaban J connectivity index is 2.57. The van der Waals surface area contributed by atoms with Gasteiger partial charge in [-0.2, -0.15) is 0 Å². The minimum atomic E-state index is -0.333. The zero-order chi connectivity index (χ0) is 15.3. The van der Waals surface area contributed by atoms with Crippen molar-refractivity contribution in [1.82, 2.24) is 0 Å². The lowest BCUT2D eigenvalue weighted by Gasteiger charge is -2.25. The van der Waals surface area contributed by atoms with E-state index in [1.165, 1.54) is 5.56 Å². The molecule has 0 aliphatic heterocycles. The lowest BCUT2D eigenvalue weighted by Crippen LogP contribution is -2.13. The van der Waals surface area contributed by atoms with Gasteiger partial charge in [-0.15, -0.1) is 0 Å². The Morgan fingerprint density at radius 1 is 1.00 bits per heavy atom. The highest BCUT2D eigenvalue weighted by Crippen LogP contribution is 2.30. The molecule has 0 bridgehead atoms. The van der Waals surface area contributed by atoms with Crippen molar-refractivity contribution >= 4 is 0 Å². The quantitative estimate of drug-likeness (QED) is 0.739. The van der Waals surface area contributed by atoms with Gasteiger partial charge in [0.1, 0.15) is 0 Å². The molecular weight excluding hydrogens is 244 g/mol. The van der Waals surface area contributed by atoms with E-state index in [0.717, 1.165) is 24.8 Å². The van der Waals surface area contributed by atoms with Crippen LogP contribution in [0.4, 0.5) is 0 Å². The molecule has 0 saturated carbocycles. The van der Waals surface area contributed by atoms with E-state index in [1.54, 1.807) is 0 Å². The minimum absolute atomic E-state index is 0.333. The van der Waals surface area contributed by atoms with Crippen LogP contribution in [0, 0.1) is 17.3 Å². The van der Waals surface area contributed by atoms with E-state index in [1.807, 2.05) is 0 Å². The van der Waals surface area contributed by atoms with Crippen molar-refractivity contribution in [1.29, 1.82) is 0 Å². The highest BCUT2D eigenvalue weighted by atomic mass is 16.3. The van der Waals surface area contributed by atoms with E-state index in [2.05, 4.69) is 65.8 Å². The van der Waals surface area contributed by atoms with E-state index in [0.29, 0.717) is 17.3 Å². The summed E-state index contributed by atoms with van der Waals surface area (Å²) in [6.45, 7) is 13.5. The van der Waals surface area contributed by atoms with Crippen molar-refractivity contribution in [2.24, 2.45) is 17.3 Å². The Morgan fingerprint density at radius 2 is 1.55 bits per heavy atom. The van der Waals surface area contributed by atoms with Crippen LogP contribution in [0.25, 0.3) is 0 Å². The predicted molar refractivity (Wildman–Crippen MR) is 87.8 cm³/mol. The molecule has 0 heterocycles. The van der Waals surface area contributed by atoms with E-state index in [4.69, 9.17) is 0 Å². The third kappa shape index (κ3) is 6.56. The number of aliphatic hydroxyl groups is 1. The summed E-state index contributed by atoms with van der Waals surface area (Å²) < 4.78 is 0. The standard InChI is InChI=1S/C19H32O/c1-14(2)11-16-7-9-17(10-8-16)18(20)12-15(3)13-19(4,5)6/h7-10,14-15,18,20H,11-13H2,1-6H3. The van der Waals surface area contributed by atoms with Gasteiger partial charge >= 0.3 is 0 Å². The van der Waals surface area contributed by atoms with Gasteiger partial charge in [0.25, 0.3) is 0 Å². The first-order chi connectivity index (χ1) is 9.17. The van der Waals surface area contributed by atoms with Gasteiger partial charge in [-0.25, -0.2) is 0 Å². The van der Waals surface area contributed by atoms with Crippen LogP contribution in [0.15, 0.2) is 24.3 Å². The van der Waals surface area contributed by atoms with Crippen LogP contribution in [0.1, 0.15) is 71.6 Å². The first-order valence-electron chi connectivity index (χ1n) is 7.94. The molecule has 1 N–H and O–H groups in total. The molecule has 1 aromatic rings. The van der Waals surface area contributed by atoms with E-state index < -0.39 is 0 Å². The Kier molecular flexibility index (Phi) is 6.26. The van der Waals surface area contributed by atoms with Gasteiger partial charge in [-0.3, -0.25) is 0 Å². The molecule has 0 spiro atoms. The summed E-state index contributed by atoms with van der Waals surface area (Å²) in [5.41, 5.74) is 2.75. The molecular formula is C19H32O. The maximum Gasteiger partial charge on any atom is 0.0792 e. The second kappa shape index (κ2) is 7.26. The maximum absolute atomic E-state index is 10.4. The smallest absolute Gasteiger partial charge is 0.0792 e. The molecule has 0 radical (unpaired) electrons. The topological polar surface area (TPSA) is 20.2 Å². The summed E-state index contributed by atoms with van der Waals surface area (Å²) in [6.07, 6.45) is 2.77. The molecule has 2 atom stereocenters. The van der Waals surface area contributed by atoms with Gasteiger partial charge in [0.2, 0.25) is 0 Å². The molecule has 0 aromatic heterocycles. The molecule has 0 aliphatic rings. The van der Waals surface area contributed by atoms with Gasteiger partial charge in [-0.05, 0) is 47.6 Å². The molecule has 0 fully saturated rings. The van der Waals surface area contributed by atoms with Gasteiger partial charge in [0, 0.05) is 0 Å². The average molecular weight is 276 g/mol. The van der Waals surface area contributed by atoms with Gasteiger partial charge in [0.05, 0.1) is 6.10 Å². The zero-order valence-electron chi connectivity index (χ0n) is 14.1. The summed E-state index contributed by atoms with van der Waals surface area (Å²) in [5, 5.41) is 10.4. The normalized spacial score (nSPS) is 15.4. The first-order valence-corrected chi connectivity index (χ1v) is 7.94. The van der Waals surface area contributed by atoms with E-state index in [9.17, 15) is 5.11 Å². The van der Waals surface area contributed by atoms with Crippen LogP contribution in [-0.4, -0.2) is 5.11 Å². The Morgan fingerprint density at radius 3 is 2.00 bits per heavy atom. The largest absolute Gasteiger partial charge is 0.388 e. The Hall–Kier alpha value is -0.820. The monoisotopic (exact) mass is 276 g/mol. The van der Waals surface area contributed by atoms with Crippen molar-refractivity contribution in [3.63, 3.8) is 0 Å². The van der Waals surface area contributed by atoms with E-state index >= 15 is 0 Å². The number of hydrogen-bond acceptors (Lipinski definition) is 1. The fourth-order valence-corrected chi connectivity index (χ4v) is 2.99. The van der Waals surface area contributed by atoms with Crippen LogP contribution in [0.5, 0.6) is 0 Å². The lowest BCUT2D eigenvalue weighted by molar-refractivity contribution is 0.134. The predicted octanol–water partition coefficient (Wildman–Crippen LogP) is 5.38. The maximum atomic E-state index is 10.4. The van der Waals surface area contributed by atoms with Crippen LogP contribution in [0.2, 0.25) is 0 Å². The van der Waals surface area contributed by atoms with E-state index in [-0.39, 0.29) is 6.10 Å². The Labute approximate surface area is 125 Å². The summed E-state index contributed by atoms with van der Waals surface area (Å²) in [7, 11) is 0. The third-order valence-corrected chi connectivity index (χ3v) is 3.59. The molecule has 2 unspecified atom stereocenters. The number of rotatable bonds is 6. The third-order valence-electron chi connectivity index (χ3n) is 3.59. The molecule has 20 heavy (non-hydrogen) atoms. The SMILES string of the molecule is CC(C)Cc1ccc(C(O)CC(C)CC(C)(C)C)cc1. The van der Waals surface area contributed by atoms with Crippen molar-refractivity contribution < 1.29 is 5.11 Å². The first kappa shape index (κ1) is 17.2. The average Bonchev–Trinajstić information content (AvgIpc) is 2.26. The zero-order valence-corrected chi connectivity index (χ0v) is 14.1. The second-order valence-electron chi connectivity index (χ2n) is 7.96. The van der Waals surface area contributed by atoms with Gasteiger partial charge < -0.3 is 5.11 Å².